The molecular formula is C17H18F3NO3S. The van der Waals surface area contributed by atoms with E-state index in [0.717, 1.165) is 30.6 Å². The van der Waals surface area contributed by atoms with Crippen LogP contribution in [0, 0.1) is 18.8 Å². The summed E-state index contributed by atoms with van der Waals surface area (Å²) in [6.45, 7) is 1.39. The summed E-state index contributed by atoms with van der Waals surface area (Å²) in [5.41, 5.74) is 0.0413. The van der Waals surface area contributed by atoms with Gasteiger partial charge in [0.05, 0.1) is 9.75 Å². The van der Waals surface area contributed by atoms with E-state index < -0.39 is 11.9 Å². The van der Waals surface area contributed by atoms with Gasteiger partial charge >= 0.3 is 6.18 Å². The largest absolute Gasteiger partial charge is 0.452 e. The number of thiophene rings is 1. The summed E-state index contributed by atoms with van der Waals surface area (Å²) in [4.78, 5) is 13.7. The van der Waals surface area contributed by atoms with E-state index in [1.807, 2.05) is 0 Å². The van der Waals surface area contributed by atoms with Crippen LogP contribution in [0.3, 0.4) is 0 Å². The number of rotatable bonds is 4. The maximum atomic E-state index is 12.8. The number of ketones is 1. The molecule has 2 atom stereocenters. The lowest BCUT2D eigenvalue weighted by atomic mass is 9.79. The Balaban J connectivity index is 1.81. The Hall–Kier alpha value is -1.67. The average Bonchev–Trinajstić information content (AvgIpc) is 3.20. The van der Waals surface area contributed by atoms with Gasteiger partial charge in [-0.25, -0.2) is 0 Å². The second-order valence-corrected chi connectivity index (χ2v) is 7.51. The van der Waals surface area contributed by atoms with Crippen molar-refractivity contribution in [1.29, 1.82) is 0 Å². The van der Waals surface area contributed by atoms with Crippen LogP contribution in [0.15, 0.2) is 16.7 Å². The number of Topliss-reactive ketones (excluding diaryl/α,β-unsaturated/α-hetero) is 1. The molecule has 1 saturated carbocycles. The zero-order valence-electron chi connectivity index (χ0n) is 13.6. The molecule has 0 bridgehead atoms. The molecule has 0 aliphatic heterocycles. The summed E-state index contributed by atoms with van der Waals surface area (Å²) in [7, 11) is 0. The van der Waals surface area contributed by atoms with Crippen LogP contribution in [0.1, 0.15) is 46.7 Å². The number of alkyl halides is 3. The highest BCUT2D eigenvalue weighted by Gasteiger charge is 2.39. The van der Waals surface area contributed by atoms with Gasteiger partial charge < -0.3 is 9.63 Å². The predicted molar refractivity (Wildman–Crippen MR) is 86.4 cm³/mol. The molecule has 1 fully saturated rings. The molecule has 3 rings (SSSR count). The molecule has 2 heterocycles. The van der Waals surface area contributed by atoms with Gasteiger partial charge in [0.25, 0.3) is 0 Å². The van der Waals surface area contributed by atoms with Gasteiger partial charge in [-0.1, -0.05) is 11.6 Å². The van der Waals surface area contributed by atoms with E-state index in [1.165, 1.54) is 6.92 Å². The zero-order valence-corrected chi connectivity index (χ0v) is 14.4. The number of aliphatic hydroxyl groups is 1. The molecule has 0 radical (unpaired) electrons. The van der Waals surface area contributed by atoms with E-state index in [0.29, 0.717) is 16.2 Å². The Labute approximate surface area is 146 Å². The smallest absolute Gasteiger partial charge is 0.396 e. The number of aromatic nitrogens is 1. The van der Waals surface area contributed by atoms with E-state index in [-0.39, 0.29) is 35.5 Å². The molecule has 2 unspecified atom stereocenters. The van der Waals surface area contributed by atoms with Crippen molar-refractivity contribution in [2.45, 2.75) is 38.8 Å². The lowest BCUT2D eigenvalue weighted by Crippen LogP contribution is -2.24. The third kappa shape index (κ3) is 3.64. The maximum Gasteiger partial charge on any atom is 0.452 e. The van der Waals surface area contributed by atoms with Gasteiger partial charge in [0.15, 0.2) is 5.78 Å². The number of carbonyl (C=O) groups excluding carboxylic acids is 1. The van der Waals surface area contributed by atoms with Crippen molar-refractivity contribution in [3.8, 4) is 10.6 Å². The van der Waals surface area contributed by atoms with Gasteiger partial charge in [-0.2, -0.15) is 13.2 Å². The van der Waals surface area contributed by atoms with Crippen LogP contribution in [0.2, 0.25) is 0 Å². The monoisotopic (exact) mass is 373 g/mol. The van der Waals surface area contributed by atoms with Gasteiger partial charge in [0.2, 0.25) is 5.76 Å². The first kappa shape index (κ1) is 18.1. The quantitative estimate of drug-likeness (QED) is 0.788. The Bertz CT molecular complexity index is 766. The first-order chi connectivity index (χ1) is 11.8. The van der Waals surface area contributed by atoms with Crippen LogP contribution < -0.4 is 0 Å². The third-order valence-electron chi connectivity index (χ3n) is 4.68. The van der Waals surface area contributed by atoms with Crippen LogP contribution in [0.25, 0.3) is 10.6 Å². The lowest BCUT2D eigenvalue weighted by molar-refractivity contribution is -0.156. The van der Waals surface area contributed by atoms with Crippen molar-refractivity contribution >= 4 is 17.1 Å². The van der Waals surface area contributed by atoms with Crippen molar-refractivity contribution in [2.24, 2.45) is 11.8 Å². The second kappa shape index (κ2) is 6.92. The normalized spacial score (nSPS) is 21.5. The third-order valence-corrected chi connectivity index (χ3v) is 5.78. The first-order valence-electron chi connectivity index (χ1n) is 8.10. The number of carbonyl (C=O) groups is 1. The van der Waals surface area contributed by atoms with E-state index in [9.17, 15) is 23.1 Å². The molecule has 4 nitrogen and oxygen atoms in total. The summed E-state index contributed by atoms with van der Waals surface area (Å²) >= 11 is 1.13. The molecule has 136 valence electrons. The molecule has 1 aliphatic carbocycles. The molecule has 0 amide bonds. The van der Waals surface area contributed by atoms with Crippen molar-refractivity contribution in [2.75, 3.05) is 6.61 Å². The highest BCUT2D eigenvalue weighted by molar-refractivity contribution is 7.17. The van der Waals surface area contributed by atoms with Gasteiger partial charge in [-0.3, -0.25) is 4.79 Å². The van der Waals surface area contributed by atoms with Crippen molar-refractivity contribution in [3.05, 3.63) is 28.3 Å². The van der Waals surface area contributed by atoms with Gasteiger partial charge in [0.1, 0.15) is 5.69 Å². The summed E-state index contributed by atoms with van der Waals surface area (Å²) < 4.78 is 42.9. The minimum atomic E-state index is -4.59. The van der Waals surface area contributed by atoms with Gasteiger partial charge in [-0.05, 0) is 44.2 Å². The number of halogens is 3. The highest BCUT2D eigenvalue weighted by atomic mass is 32.1. The molecule has 0 saturated heterocycles. The lowest BCUT2D eigenvalue weighted by Gasteiger charge is -2.26. The van der Waals surface area contributed by atoms with Crippen LogP contribution in [0.4, 0.5) is 13.2 Å². The van der Waals surface area contributed by atoms with Crippen molar-refractivity contribution in [1.82, 2.24) is 5.16 Å². The Morgan fingerprint density at radius 1 is 1.40 bits per heavy atom. The fourth-order valence-corrected chi connectivity index (χ4v) is 4.39. The number of aliphatic hydroxyl groups excluding tert-OH is 1. The summed E-state index contributed by atoms with van der Waals surface area (Å²) in [5.74, 6) is -1.11. The fourth-order valence-electron chi connectivity index (χ4n) is 3.32. The fraction of sp³-hybridized carbons (Fsp3) is 0.529. The van der Waals surface area contributed by atoms with Crippen LogP contribution in [0.5, 0.6) is 0 Å². The minimum Gasteiger partial charge on any atom is -0.396 e. The van der Waals surface area contributed by atoms with Crippen LogP contribution in [-0.4, -0.2) is 22.7 Å². The Morgan fingerprint density at radius 3 is 2.80 bits per heavy atom. The molecule has 0 aromatic carbocycles. The summed E-state index contributed by atoms with van der Waals surface area (Å²) in [6.07, 6.45) is -1.33. The molecule has 0 spiro atoms. The van der Waals surface area contributed by atoms with Gasteiger partial charge in [0, 0.05) is 18.1 Å². The number of nitrogens with zero attached hydrogens (tertiary/aromatic N) is 1. The van der Waals surface area contributed by atoms with E-state index in [4.69, 9.17) is 0 Å². The average molecular weight is 373 g/mol. The molecule has 2 aromatic heterocycles. The SMILES string of the molecule is Cc1c(-c2ccc(C(=O)C3CCCC(CO)C3)s2)noc1C(F)(F)F. The molecule has 8 heteroatoms. The number of hydrogen-bond acceptors (Lipinski definition) is 5. The molecule has 25 heavy (non-hydrogen) atoms. The summed E-state index contributed by atoms with van der Waals surface area (Å²) in [6, 6.07) is 3.24. The maximum absolute atomic E-state index is 12.8. The highest BCUT2D eigenvalue weighted by Crippen LogP contribution is 2.39. The molecular weight excluding hydrogens is 355 g/mol. The minimum absolute atomic E-state index is 0.00778. The van der Waals surface area contributed by atoms with E-state index >= 15 is 0 Å². The summed E-state index contributed by atoms with van der Waals surface area (Å²) in [5, 5.41) is 12.8. The second-order valence-electron chi connectivity index (χ2n) is 6.42. The topological polar surface area (TPSA) is 63.3 Å². The molecule has 2 aromatic rings. The zero-order chi connectivity index (χ0) is 18.2. The van der Waals surface area contributed by atoms with Gasteiger partial charge in [-0.15, -0.1) is 11.3 Å². The van der Waals surface area contributed by atoms with E-state index in [1.54, 1.807) is 12.1 Å². The van der Waals surface area contributed by atoms with E-state index in [2.05, 4.69) is 9.68 Å². The predicted octanol–water partition coefficient (Wildman–Crippen LogP) is 4.71. The van der Waals surface area contributed by atoms with Crippen molar-refractivity contribution < 1.29 is 27.6 Å². The van der Waals surface area contributed by atoms with Crippen LogP contribution >= 0.6 is 11.3 Å². The number of hydrogen-bond donors (Lipinski definition) is 1. The van der Waals surface area contributed by atoms with Crippen molar-refractivity contribution in [3.63, 3.8) is 0 Å². The molecule has 1 N–H and O–H groups in total. The Morgan fingerprint density at radius 2 is 2.16 bits per heavy atom. The first-order valence-corrected chi connectivity index (χ1v) is 8.91. The standard InChI is InChI=1S/C17H18F3NO3S/c1-9-14(21-24-16(9)17(18,19)20)12-5-6-13(25-12)15(23)11-4-2-3-10(7-11)8-22/h5-6,10-11,22H,2-4,7-8H2,1H3. The van der Waals surface area contributed by atoms with Crippen LogP contribution in [-0.2, 0) is 6.18 Å². The Kier molecular flexibility index (Phi) is 5.02. The molecule has 1 aliphatic rings.